The van der Waals surface area contributed by atoms with Gasteiger partial charge in [-0.3, -0.25) is 0 Å². The van der Waals surface area contributed by atoms with Gasteiger partial charge in [-0.2, -0.15) is 0 Å². The summed E-state index contributed by atoms with van der Waals surface area (Å²) in [5.41, 5.74) is 1.65. The Morgan fingerprint density at radius 3 is 2.57 bits per heavy atom. The van der Waals surface area contributed by atoms with Crippen molar-refractivity contribution in [3.63, 3.8) is 0 Å². The Balaban J connectivity index is 2.54. The zero-order valence-electron chi connectivity index (χ0n) is 13.3. The van der Waals surface area contributed by atoms with Gasteiger partial charge in [0, 0.05) is 18.3 Å². The van der Waals surface area contributed by atoms with Gasteiger partial charge in [-0.25, -0.2) is 4.79 Å². The molecular weight excluding hydrogens is 268 g/mol. The normalized spacial score (nSPS) is 12.1. The number of hydrogen-bond donors (Lipinski definition) is 3. The Bertz CT molecular complexity index is 459. The second-order valence-electron chi connectivity index (χ2n) is 5.16. The van der Waals surface area contributed by atoms with Gasteiger partial charge in [0.05, 0.1) is 13.2 Å². The van der Waals surface area contributed by atoms with Crippen molar-refractivity contribution in [2.75, 3.05) is 19.0 Å². The highest BCUT2D eigenvalue weighted by molar-refractivity contribution is 5.90. The molecular formula is C16H26N2O3. The van der Waals surface area contributed by atoms with Crippen molar-refractivity contribution in [2.24, 2.45) is 5.92 Å². The fourth-order valence-corrected chi connectivity index (χ4v) is 2.23. The van der Waals surface area contributed by atoms with Crippen molar-refractivity contribution in [2.45, 2.75) is 39.7 Å². The van der Waals surface area contributed by atoms with Crippen molar-refractivity contribution in [1.29, 1.82) is 0 Å². The van der Waals surface area contributed by atoms with Crippen molar-refractivity contribution >= 4 is 11.7 Å². The third-order valence-electron chi connectivity index (χ3n) is 3.76. The molecule has 21 heavy (non-hydrogen) atoms. The van der Waals surface area contributed by atoms with Crippen LogP contribution in [0.3, 0.4) is 0 Å². The molecule has 1 atom stereocenters. The van der Waals surface area contributed by atoms with Gasteiger partial charge < -0.3 is 20.5 Å². The molecule has 5 nitrogen and oxygen atoms in total. The fraction of sp³-hybridized carbons (Fsp3) is 0.562. The van der Waals surface area contributed by atoms with E-state index in [9.17, 15) is 9.90 Å². The van der Waals surface area contributed by atoms with E-state index in [4.69, 9.17) is 4.74 Å². The van der Waals surface area contributed by atoms with Crippen LogP contribution in [0.25, 0.3) is 0 Å². The van der Waals surface area contributed by atoms with E-state index >= 15 is 0 Å². The summed E-state index contributed by atoms with van der Waals surface area (Å²) in [6, 6.07) is 5.17. The molecule has 0 heterocycles. The number of benzene rings is 1. The average Bonchev–Trinajstić information content (AvgIpc) is 2.48. The highest BCUT2D eigenvalue weighted by atomic mass is 16.5. The molecule has 0 fully saturated rings. The summed E-state index contributed by atoms with van der Waals surface area (Å²) >= 11 is 0. The number of carbonyl (C=O) groups is 1. The van der Waals surface area contributed by atoms with E-state index in [1.165, 1.54) is 0 Å². The topological polar surface area (TPSA) is 70.6 Å². The van der Waals surface area contributed by atoms with Crippen LogP contribution in [-0.2, 0) is 0 Å². The summed E-state index contributed by atoms with van der Waals surface area (Å²) in [6.45, 7) is 6.24. The van der Waals surface area contributed by atoms with Crippen molar-refractivity contribution in [3.8, 4) is 5.75 Å². The van der Waals surface area contributed by atoms with E-state index in [2.05, 4.69) is 10.6 Å². The number of methoxy groups -OCH3 is 1. The molecule has 0 aliphatic carbocycles. The zero-order chi connectivity index (χ0) is 15.8. The molecule has 0 bridgehead atoms. The number of nitrogens with one attached hydrogen (secondary N) is 2. The van der Waals surface area contributed by atoms with E-state index in [1.54, 1.807) is 13.2 Å². The first kappa shape index (κ1) is 17.3. The quantitative estimate of drug-likeness (QED) is 0.724. The summed E-state index contributed by atoms with van der Waals surface area (Å²) in [5, 5.41) is 15.5. The minimum Gasteiger partial charge on any atom is -0.497 e. The first-order chi connectivity index (χ1) is 10.0. The van der Waals surface area contributed by atoms with Gasteiger partial charge in [0.25, 0.3) is 0 Å². The van der Waals surface area contributed by atoms with Crippen LogP contribution in [0.15, 0.2) is 18.2 Å². The maximum absolute atomic E-state index is 11.9. The molecule has 1 rings (SSSR count). The van der Waals surface area contributed by atoms with E-state index < -0.39 is 6.10 Å². The number of urea groups is 1. The molecule has 1 unspecified atom stereocenters. The van der Waals surface area contributed by atoms with Gasteiger partial charge in [0.1, 0.15) is 5.75 Å². The number of anilines is 1. The Morgan fingerprint density at radius 1 is 1.33 bits per heavy atom. The van der Waals surface area contributed by atoms with E-state index in [0.29, 0.717) is 11.4 Å². The number of aliphatic hydroxyl groups is 1. The van der Waals surface area contributed by atoms with Gasteiger partial charge in [-0.05, 0) is 24.5 Å². The van der Waals surface area contributed by atoms with E-state index in [0.717, 1.165) is 18.4 Å². The monoisotopic (exact) mass is 294 g/mol. The maximum atomic E-state index is 11.9. The van der Waals surface area contributed by atoms with Gasteiger partial charge >= 0.3 is 6.03 Å². The second-order valence-corrected chi connectivity index (χ2v) is 5.16. The number of carbonyl (C=O) groups excluding carboxylic acids is 1. The Kier molecular flexibility index (Phi) is 7.02. The molecule has 0 aliphatic rings. The molecule has 5 heteroatoms. The highest BCUT2D eigenvalue weighted by Gasteiger charge is 2.16. The molecule has 0 aromatic heterocycles. The summed E-state index contributed by atoms with van der Waals surface area (Å²) < 4.78 is 5.14. The number of rotatable bonds is 7. The van der Waals surface area contributed by atoms with Crippen LogP contribution < -0.4 is 15.4 Å². The maximum Gasteiger partial charge on any atom is 0.319 e. The fourth-order valence-electron chi connectivity index (χ4n) is 2.23. The highest BCUT2D eigenvalue weighted by Crippen LogP contribution is 2.21. The molecule has 118 valence electrons. The van der Waals surface area contributed by atoms with Gasteiger partial charge in [0.15, 0.2) is 0 Å². The van der Waals surface area contributed by atoms with Crippen LogP contribution in [0.1, 0.15) is 32.3 Å². The van der Waals surface area contributed by atoms with Crippen LogP contribution in [0.4, 0.5) is 10.5 Å². The first-order valence-corrected chi connectivity index (χ1v) is 7.39. The minimum atomic E-state index is -0.517. The number of ether oxygens (including phenoxy) is 1. The molecule has 0 spiro atoms. The van der Waals surface area contributed by atoms with Crippen LogP contribution in [0.5, 0.6) is 5.75 Å². The SMILES string of the molecule is CCC(CC)C(O)CNC(=O)Nc1cc(OC)ccc1C. The third kappa shape index (κ3) is 5.27. The molecule has 1 aromatic carbocycles. The number of hydrogen-bond acceptors (Lipinski definition) is 3. The minimum absolute atomic E-state index is 0.212. The Hall–Kier alpha value is -1.75. The predicted molar refractivity (Wildman–Crippen MR) is 84.8 cm³/mol. The molecule has 1 aromatic rings. The zero-order valence-corrected chi connectivity index (χ0v) is 13.3. The first-order valence-electron chi connectivity index (χ1n) is 7.39. The van der Waals surface area contributed by atoms with Crippen LogP contribution in [0, 0.1) is 12.8 Å². The lowest BCUT2D eigenvalue weighted by molar-refractivity contribution is 0.104. The second kappa shape index (κ2) is 8.52. The van der Waals surface area contributed by atoms with E-state index in [1.807, 2.05) is 32.9 Å². The van der Waals surface area contributed by atoms with Crippen LogP contribution in [0.2, 0.25) is 0 Å². The summed E-state index contributed by atoms with van der Waals surface area (Å²) in [4.78, 5) is 11.9. The predicted octanol–water partition coefficient (Wildman–Crippen LogP) is 2.92. The molecule has 0 aliphatic heterocycles. The molecule has 0 radical (unpaired) electrons. The van der Waals surface area contributed by atoms with Crippen molar-refractivity contribution < 1.29 is 14.6 Å². The third-order valence-corrected chi connectivity index (χ3v) is 3.76. The van der Waals surface area contributed by atoms with E-state index in [-0.39, 0.29) is 18.5 Å². The molecule has 3 N–H and O–H groups in total. The Morgan fingerprint density at radius 2 is 2.00 bits per heavy atom. The van der Waals surface area contributed by atoms with Crippen LogP contribution >= 0.6 is 0 Å². The smallest absolute Gasteiger partial charge is 0.319 e. The summed E-state index contributed by atoms with van der Waals surface area (Å²) in [5.74, 6) is 0.900. The lowest BCUT2D eigenvalue weighted by Gasteiger charge is -2.20. The summed E-state index contributed by atoms with van der Waals surface area (Å²) in [7, 11) is 1.58. The number of aryl methyl sites for hydroxylation is 1. The molecule has 0 saturated carbocycles. The lowest BCUT2D eigenvalue weighted by Crippen LogP contribution is -2.38. The molecule has 2 amide bonds. The number of aliphatic hydroxyl groups excluding tert-OH is 1. The van der Waals surface area contributed by atoms with Crippen LogP contribution in [-0.4, -0.2) is 30.9 Å². The summed E-state index contributed by atoms with van der Waals surface area (Å²) in [6.07, 6.45) is 1.28. The van der Waals surface area contributed by atoms with Crippen molar-refractivity contribution in [1.82, 2.24) is 5.32 Å². The van der Waals surface area contributed by atoms with Gasteiger partial charge in [0.2, 0.25) is 0 Å². The van der Waals surface area contributed by atoms with Gasteiger partial charge in [-0.1, -0.05) is 32.8 Å². The van der Waals surface area contributed by atoms with Crippen molar-refractivity contribution in [3.05, 3.63) is 23.8 Å². The standard InChI is InChI=1S/C16H26N2O3/c1-5-12(6-2)15(19)10-17-16(20)18-14-9-13(21-4)8-7-11(14)3/h7-9,12,15,19H,5-6,10H2,1-4H3,(H2,17,18,20). The molecule has 0 saturated heterocycles. The number of amides is 2. The Labute approximate surface area is 126 Å². The lowest BCUT2D eigenvalue weighted by atomic mass is 9.97. The average molecular weight is 294 g/mol. The van der Waals surface area contributed by atoms with Gasteiger partial charge in [-0.15, -0.1) is 0 Å². The largest absolute Gasteiger partial charge is 0.497 e.